The van der Waals surface area contributed by atoms with Crippen LogP contribution in [0.5, 0.6) is 0 Å². The molecule has 1 aliphatic rings. The van der Waals surface area contributed by atoms with Crippen molar-refractivity contribution in [1.82, 2.24) is 10.6 Å². The Kier molecular flexibility index (Phi) is 3.03. The molecule has 2 rings (SSSR count). The number of guanidine groups is 1. The van der Waals surface area contributed by atoms with Crippen molar-refractivity contribution < 1.29 is 0 Å². The van der Waals surface area contributed by atoms with Gasteiger partial charge in [0, 0.05) is 22.8 Å². The molecule has 0 spiro atoms. The molecule has 0 aromatic carbocycles. The van der Waals surface area contributed by atoms with Crippen molar-refractivity contribution in [3.8, 4) is 0 Å². The number of aryl methyl sites for hydroxylation is 1. The van der Waals surface area contributed by atoms with Crippen LogP contribution in [0, 0.1) is 6.92 Å². The van der Waals surface area contributed by atoms with Gasteiger partial charge in [-0.25, -0.2) is 0 Å². The van der Waals surface area contributed by atoms with Gasteiger partial charge < -0.3 is 10.6 Å². The van der Waals surface area contributed by atoms with Gasteiger partial charge in [0.05, 0.1) is 6.54 Å². The molecule has 4 heteroatoms. The van der Waals surface area contributed by atoms with Crippen LogP contribution in [0.4, 0.5) is 0 Å². The van der Waals surface area contributed by atoms with Gasteiger partial charge in [0.15, 0.2) is 5.96 Å². The zero-order chi connectivity index (χ0) is 9.80. The molecule has 0 amide bonds. The molecule has 0 radical (unpaired) electrons. The molecule has 0 unspecified atom stereocenters. The highest BCUT2D eigenvalue weighted by atomic mass is 32.1. The lowest BCUT2D eigenvalue weighted by atomic mass is 10.4. The van der Waals surface area contributed by atoms with E-state index in [1.807, 2.05) is 11.3 Å². The van der Waals surface area contributed by atoms with Crippen molar-refractivity contribution in [2.24, 2.45) is 4.99 Å². The average molecular weight is 209 g/mol. The van der Waals surface area contributed by atoms with Gasteiger partial charge in [0.1, 0.15) is 0 Å². The van der Waals surface area contributed by atoms with E-state index in [9.17, 15) is 0 Å². The quantitative estimate of drug-likeness (QED) is 0.774. The summed E-state index contributed by atoms with van der Waals surface area (Å²) in [6.45, 7) is 4.99. The van der Waals surface area contributed by atoms with Gasteiger partial charge in [0.2, 0.25) is 0 Å². The number of hydrogen-bond donors (Lipinski definition) is 2. The van der Waals surface area contributed by atoms with Crippen molar-refractivity contribution >= 4 is 17.3 Å². The molecule has 0 saturated heterocycles. The number of thiophene rings is 1. The van der Waals surface area contributed by atoms with Crippen LogP contribution in [0.1, 0.15) is 16.2 Å². The molecule has 0 saturated carbocycles. The fraction of sp³-hybridized carbons (Fsp3) is 0.500. The third-order valence-corrected chi connectivity index (χ3v) is 3.12. The molecule has 0 atom stereocenters. The fourth-order valence-corrected chi connectivity index (χ4v) is 2.23. The topological polar surface area (TPSA) is 36.4 Å². The molecule has 0 bridgehead atoms. The number of rotatable bonds is 2. The molecule has 1 aromatic heterocycles. The SMILES string of the molecule is Cc1ccc(CNC2=NCCCN2)s1. The predicted octanol–water partition coefficient (Wildman–Crippen LogP) is 1.50. The van der Waals surface area contributed by atoms with Crippen LogP contribution in [-0.2, 0) is 6.54 Å². The summed E-state index contributed by atoms with van der Waals surface area (Å²) in [5, 5.41) is 6.54. The summed E-state index contributed by atoms with van der Waals surface area (Å²) in [4.78, 5) is 7.07. The molecule has 76 valence electrons. The Labute approximate surface area is 88.3 Å². The first-order chi connectivity index (χ1) is 6.84. The highest BCUT2D eigenvalue weighted by Gasteiger charge is 2.03. The van der Waals surface area contributed by atoms with Gasteiger partial charge in [-0.05, 0) is 25.5 Å². The molecule has 1 aliphatic heterocycles. The molecule has 0 fully saturated rings. The van der Waals surface area contributed by atoms with Crippen molar-refractivity contribution in [1.29, 1.82) is 0 Å². The minimum Gasteiger partial charge on any atom is -0.356 e. The molecular weight excluding hydrogens is 194 g/mol. The summed E-state index contributed by atoms with van der Waals surface area (Å²) in [5.74, 6) is 0.947. The van der Waals surface area contributed by atoms with E-state index in [1.54, 1.807) is 0 Å². The third kappa shape index (κ3) is 2.48. The summed E-state index contributed by atoms with van der Waals surface area (Å²) in [7, 11) is 0. The van der Waals surface area contributed by atoms with Gasteiger partial charge in [-0.3, -0.25) is 4.99 Å². The Balaban J connectivity index is 1.84. The Morgan fingerprint density at radius 3 is 3.14 bits per heavy atom. The lowest BCUT2D eigenvalue weighted by Crippen LogP contribution is -2.40. The maximum absolute atomic E-state index is 4.35. The van der Waals surface area contributed by atoms with Gasteiger partial charge in [-0.2, -0.15) is 0 Å². The zero-order valence-corrected chi connectivity index (χ0v) is 9.16. The molecule has 1 aromatic rings. The van der Waals surface area contributed by atoms with Crippen LogP contribution in [0.25, 0.3) is 0 Å². The zero-order valence-electron chi connectivity index (χ0n) is 8.34. The second-order valence-electron chi connectivity index (χ2n) is 3.38. The standard InChI is InChI=1S/C10H15N3S/c1-8-3-4-9(14-8)7-13-10-11-5-2-6-12-10/h3-4H,2,5-7H2,1H3,(H2,11,12,13). The lowest BCUT2D eigenvalue weighted by Gasteiger charge is -2.15. The summed E-state index contributed by atoms with van der Waals surface area (Å²) in [6, 6.07) is 4.31. The number of nitrogens with zero attached hydrogens (tertiary/aromatic N) is 1. The molecule has 2 N–H and O–H groups in total. The first-order valence-corrected chi connectivity index (χ1v) is 5.74. The number of hydrogen-bond acceptors (Lipinski definition) is 4. The first-order valence-electron chi connectivity index (χ1n) is 4.92. The van der Waals surface area contributed by atoms with Crippen molar-refractivity contribution in [2.75, 3.05) is 13.1 Å². The Bertz CT molecular complexity index is 330. The van der Waals surface area contributed by atoms with E-state index in [1.165, 1.54) is 9.75 Å². The van der Waals surface area contributed by atoms with Crippen molar-refractivity contribution in [3.05, 3.63) is 21.9 Å². The highest BCUT2D eigenvalue weighted by molar-refractivity contribution is 7.11. The second-order valence-corrected chi connectivity index (χ2v) is 4.75. The molecular formula is C10H15N3S. The minimum atomic E-state index is 0.879. The monoisotopic (exact) mass is 209 g/mol. The number of aliphatic imine (C=N–C) groups is 1. The maximum atomic E-state index is 4.35. The van der Waals surface area contributed by atoms with Gasteiger partial charge >= 0.3 is 0 Å². The average Bonchev–Trinajstić information content (AvgIpc) is 2.63. The van der Waals surface area contributed by atoms with Crippen LogP contribution in [0.3, 0.4) is 0 Å². The van der Waals surface area contributed by atoms with Crippen molar-refractivity contribution in [3.63, 3.8) is 0 Å². The number of nitrogens with one attached hydrogen (secondary N) is 2. The van der Waals surface area contributed by atoms with E-state index >= 15 is 0 Å². The van der Waals surface area contributed by atoms with Gasteiger partial charge in [-0.15, -0.1) is 11.3 Å². The summed E-state index contributed by atoms with van der Waals surface area (Å²) in [6.07, 6.45) is 1.14. The molecule has 0 aliphatic carbocycles. The van der Waals surface area contributed by atoms with Crippen molar-refractivity contribution in [2.45, 2.75) is 19.9 Å². The Hall–Kier alpha value is -1.03. The van der Waals surface area contributed by atoms with Crippen LogP contribution in [-0.4, -0.2) is 19.0 Å². The van der Waals surface area contributed by atoms with E-state index < -0.39 is 0 Å². The first kappa shape index (κ1) is 9.52. The largest absolute Gasteiger partial charge is 0.356 e. The lowest BCUT2D eigenvalue weighted by molar-refractivity contribution is 0.703. The van der Waals surface area contributed by atoms with Crippen LogP contribution >= 0.6 is 11.3 Å². The highest BCUT2D eigenvalue weighted by Crippen LogP contribution is 2.14. The van der Waals surface area contributed by atoms with Gasteiger partial charge in [-0.1, -0.05) is 0 Å². The van der Waals surface area contributed by atoms with E-state index in [-0.39, 0.29) is 0 Å². The van der Waals surface area contributed by atoms with E-state index in [4.69, 9.17) is 0 Å². The molecule has 3 nitrogen and oxygen atoms in total. The Morgan fingerprint density at radius 2 is 2.50 bits per heavy atom. The summed E-state index contributed by atoms with van der Waals surface area (Å²) in [5.41, 5.74) is 0. The maximum Gasteiger partial charge on any atom is 0.191 e. The minimum absolute atomic E-state index is 0.879. The third-order valence-electron chi connectivity index (χ3n) is 2.12. The summed E-state index contributed by atoms with van der Waals surface area (Å²) >= 11 is 1.83. The van der Waals surface area contributed by atoms with Crippen LogP contribution in [0.15, 0.2) is 17.1 Å². The smallest absolute Gasteiger partial charge is 0.191 e. The second kappa shape index (κ2) is 4.46. The van der Waals surface area contributed by atoms with Crippen LogP contribution in [0.2, 0.25) is 0 Å². The van der Waals surface area contributed by atoms with E-state index in [0.717, 1.165) is 32.0 Å². The predicted molar refractivity (Wildman–Crippen MR) is 60.8 cm³/mol. The normalized spacial score (nSPS) is 15.9. The summed E-state index contributed by atoms with van der Waals surface area (Å²) < 4.78 is 0. The fourth-order valence-electron chi connectivity index (χ4n) is 1.40. The van der Waals surface area contributed by atoms with E-state index in [0.29, 0.717) is 0 Å². The molecule has 2 heterocycles. The molecule has 14 heavy (non-hydrogen) atoms. The van der Waals surface area contributed by atoms with Crippen LogP contribution < -0.4 is 10.6 Å². The van der Waals surface area contributed by atoms with Gasteiger partial charge in [0.25, 0.3) is 0 Å². The Morgan fingerprint density at radius 1 is 1.57 bits per heavy atom. The van der Waals surface area contributed by atoms with E-state index in [2.05, 4.69) is 34.7 Å².